The number of methoxy groups -OCH3 is 1. The van der Waals surface area contributed by atoms with Crippen molar-refractivity contribution in [2.45, 2.75) is 90.0 Å². The zero-order valence-electron chi connectivity index (χ0n) is 26.1. The van der Waals surface area contributed by atoms with Crippen molar-refractivity contribution in [3.63, 3.8) is 0 Å². The summed E-state index contributed by atoms with van der Waals surface area (Å²) in [6, 6.07) is 3.01. The molecule has 2 N–H and O–H groups in total. The van der Waals surface area contributed by atoms with E-state index in [2.05, 4.69) is 83.3 Å². The number of nitrogens with one attached hydrogen (secondary N) is 2. The molecule has 0 aliphatic carbocycles. The Kier molecular flexibility index (Phi) is 23.1. The molecule has 0 unspecified atom stereocenters. The maximum atomic E-state index is 12.3. The molecule has 7 nitrogen and oxygen atoms in total. The van der Waals surface area contributed by atoms with Crippen LogP contribution in [0.2, 0.25) is 0 Å². The fourth-order valence-electron chi connectivity index (χ4n) is 3.96. The Morgan fingerprint density at radius 1 is 0.837 bits per heavy atom. The van der Waals surface area contributed by atoms with E-state index < -0.39 is 12.0 Å². The lowest BCUT2D eigenvalue weighted by Gasteiger charge is -2.16. The second-order valence-corrected chi connectivity index (χ2v) is 9.98. The molecule has 0 aliphatic rings. The van der Waals surface area contributed by atoms with Gasteiger partial charge >= 0.3 is 5.97 Å². The van der Waals surface area contributed by atoms with E-state index >= 15 is 0 Å². The van der Waals surface area contributed by atoms with Gasteiger partial charge < -0.3 is 15.4 Å². The average Bonchev–Trinajstić information content (AvgIpc) is 3.02. The van der Waals surface area contributed by atoms with Gasteiger partial charge in [0.25, 0.3) is 0 Å². The first-order chi connectivity index (χ1) is 21.1. The summed E-state index contributed by atoms with van der Waals surface area (Å²) in [4.78, 5) is 40.5. The van der Waals surface area contributed by atoms with Crippen molar-refractivity contribution in [1.82, 2.24) is 15.6 Å². The van der Waals surface area contributed by atoms with Crippen LogP contribution in [0.25, 0.3) is 6.08 Å². The number of rotatable bonds is 23. The molecule has 0 saturated heterocycles. The first-order valence-corrected chi connectivity index (χ1v) is 15.5. The fraction of sp³-hybridized carbons (Fsp3) is 0.444. The molecule has 0 bridgehead atoms. The van der Waals surface area contributed by atoms with Crippen LogP contribution in [0.3, 0.4) is 0 Å². The molecule has 0 saturated carbocycles. The van der Waals surface area contributed by atoms with Crippen molar-refractivity contribution in [2.24, 2.45) is 0 Å². The maximum Gasteiger partial charge on any atom is 0.328 e. The molecule has 1 aromatic heterocycles. The zero-order valence-corrected chi connectivity index (χ0v) is 26.1. The molecule has 0 aromatic carbocycles. The van der Waals surface area contributed by atoms with E-state index in [-0.39, 0.29) is 18.2 Å². The topological polar surface area (TPSA) is 97.4 Å². The number of hydrogen-bond acceptors (Lipinski definition) is 5. The Morgan fingerprint density at radius 2 is 1.49 bits per heavy atom. The number of carbonyl (C=O) groups excluding carboxylic acids is 3. The molecule has 0 radical (unpaired) electrons. The van der Waals surface area contributed by atoms with Crippen molar-refractivity contribution >= 4 is 23.9 Å². The molecule has 1 atom stereocenters. The molecule has 2 amide bonds. The van der Waals surface area contributed by atoms with Gasteiger partial charge in [-0.3, -0.25) is 14.6 Å². The maximum absolute atomic E-state index is 12.3. The second-order valence-electron chi connectivity index (χ2n) is 9.98. The predicted octanol–water partition coefficient (Wildman–Crippen LogP) is 7.35. The third kappa shape index (κ3) is 22.3. The first-order valence-electron chi connectivity index (χ1n) is 15.5. The van der Waals surface area contributed by atoms with Crippen LogP contribution in [-0.2, 0) is 19.1 Å². The third-order valence-electron chi connectivity index (χ3n) is 6.29. The highest BCUT2D eigenvalue weighted by atomic mass is 16.5. The molecule has 1 rings (SSSR count). The Labute approximate surface area is 259 Å². The molecule has 234 valence electrons. The van der Waals surface area contributed by atoms with E-state index in [0.29, 0.717) is 32.2 Å². The molecular formula is C36H51N3O4. The van der Waals surface area contributed by atoms with Crippen molar-refractivity contribution in [3.8, 4) is 0 Å². The number of allylic oxidation sites excluding steroid dienone is 10. The van der Waals surface area contributed by atoms with Gasteiger partial charge in [-0.25, -0.2) is 4.79 Å². The number of amides is 2. The van der Waals surface area contributed by atoms with Crippen LogP contribution in [0, 0.1) is 0 Å². The summed E-state index contributed by atoms with van der Waals surface area (Å²) < 4.78 is 4.84. The zero-order chi connectivity index (χ0) is 31.2. The average molecular weight is 590 g/mol. The fourth-order valence-corrected chi connectivity index (χ4v) is 3.96. The summed E-state index contributed by atoms with van der Waals surface area (Å²) in [5.41, 5.74) is 0.899. The highest BCUT2D eigenvalue weighted by Crippen LogP contribution is 2.05. The summed E-state index contributed by atoms with van der Waals surface area (Å²) in [7, 11) is 1.31. The normalized spacial score (nSPS) is 12.8. The van der Waals surface area contributed by atoms with Gasteiger partial charge in [-0.15, -0.1) is 0 Å². The Morgan fingerprint density at radius 3 is 2.09 bits per heavy atom. The van der Waals surface area contributed by atoms with Crippen LogP contribution in [0.5, 0.6) is 0 Å². The number of hydrogen-bond donors (Lipinski definition) is 2. The highest BCUT2D eigenvalue weighted by Gasteiger charge is 2.20. The molecule has 1 aromatic rings. The molecule has 0 aliphatic heterocycles. The Hall–Kier alpha value is -4.00. The van der Waals surface area contributed by atoms with E-state index in [1.807, 2.05) is 18.2 Å². The van der Waals surface area contributed by atoms with Gasteiger partial charge in [-0.1, -0.05) is 85.9 Å². The van der Waals surface area contributed by atoms with Crippen molar-refractivity contribution in [3.05, 3.63) is 96.9 Å². The van der Waals surface area contributed by atoms with Crippen LogP contribution in [-0.4, -0.2) is 42.5 Å². The number of ether oxygens (including phenoxy) is 1. The Balaban J connectivity index is 2.10. The lowest BCUT2D eigenvalue weighted by Crippen LogP contribution is -2.41. The van der Waals surface area contributed by atoms with Gasteiger partial charge in [-0.05, 0) is 75.8 Å². The molecule has 0 fully saturated rings. The Bertz CT molecular complexity index is 1070. The van der Waals surface area contributed by atoms with Crippen LogP contribution >= 0.6 is 0 Å². The summed E-state index contributed by atoms with van der Waals surface area (Å²) in [5, 5.41) is 5.68. The van der Waals surface area contributed by atoms with E-state index in [4.69, 9.17) is 4.74 Å². The lowest BCUT2D eigenvalue weighted by molar-refractivity contribution is -0.145. The predicted molar refractivity (Wildman–Crippen MR) is 177 cm³/mol. The van der Waals surface area contributed by atoms with Crippen molar-refractivity contribution in [2.75, 3.05) is 13.7 Å². The van der Waals surface area contributed by atoms with Gasteiger partial charge in [0.1, 0.15) is 6.04 Å². The van der Waals surface area contributed by atoms with Gasteiger partial charge in [0, 0.05) is 31.8 Å². The summed E-state index contributed by atoms with van der Waals surface area (Å²) in [6.45, 7) is 2.68. The van der Waals surface area contributed by atoms with Gasteiger partial charge in [0.05, 0.1) is 7.11 Å². The smallest absolute Gasteiger partial charge is 0.328 e. The standard InChI is InChI=1S/C36H51N3O4/c1-3-4-5-6-7-8-9-10-11-12-13-14-15-16-17-18-19-27-34(40)38-30-21-20-26-33(36(42)43-2)39-35(41)28-22-24-32-25-23-29-37-31-32/h4-5,7-8,10-11,13-14,16-17,22-25,29,31,33H,3,6,9,12,15,18-21,26-28,30H2,1-2H3,(H,38,40)(H,39,41)/t33-/m0/s1. The van der Waals surface area contributed by atoms with Crippen LogP contribution in [0.4, 0.5) is 0 Å². The van der Waals surface area contributed by atoms with Crippen LogP contribution in [0.1, 0.15) is 89.5 Å². The van der Waals surface area contributed by atoms with Gasteiger partial charge in [0.15, 0.2) is 0 Å². The highest BCUT2D eigenvalue weighted by molar-refractivity contribution is 5.85. The number of pyridine rings is 1. The minimum Gasteiger partial charge on any atom is -0.467 e. The second kappa shape index (κ2) is 26.9. The minimum absolute atomic E-state index is 0.0329. The number of esters is 1. The third-order valence-corrected chi connectivity index (χ3v) is 6.29. The quantitative estimate of drug-likeness (QED) is 0.0790. The lowest BCUT2D eigenvalue weighted by atomic mass is 10.1. The van der Waals surface area contributed by atoms with Gasteiger partial charge in [0.2, 0.25) is 11.8 Å². The molecule has 0 spiro atoms. The van der Waals surface area contributed by atoms with Crippen molar-refractivity contribution in [1.29, 1.82) is 0 Å². The number of carbonyl (C=O) groups is 3. The molecule has 43 heavy (non-hydrogen) atoms. The van der Waals surface area contributed by atoms with Crippen LogP contribution in [0.15, 0.2) is 91.4 Å². The molecular weight excluding hydrogens is 538 g/mol. The van der Waals surface area contributed by atoms with Crippen LogP contribution < -0.4 is 10.6 Å². The van der Waals surface area contributed by atoms with Crippen molar-refractivity contribution < 1.29 is 19.1 Å². The summed E-state index contributed by atoms with van der Waals surface area (Å²) >= 11 is 0. The molecule has 7 heteroatoms. The summed E-state index contributed by atoms with van der Waals surface area (Å²) in [6.07, 6.45) is 37.8. The number of unbranched alkanes of at least 4 members (excludes halogenated alkanes) is 2. The first kappa shape index (κ1) is 37.0. The molecule has 1 heterocycles. The van der Waals surface area contributed by atoms with Gasteiger partial charge in [-0.2, -0.15) is 0 Å². The van der Waals surface area contributed by atoms with E-state index in [1.54, 1.807) is 18.5 Å². The van der Waals surface area contributed by atoms with E-state index in [0.717, 1.165) is 50.5 Å². The summed E-state index contributed by atoms with van der Waals surface area (Å²) in [5.74, 6) is -0.689. The minimum atomic E-state index is -0.705. The largest absolute Gasteiger partial charge is 0.467 e. The number of aromatic nitrogens is 1. The van der Waals surface area contributed by atoms with E-state index in [9.17, 15) is 14.4 Å². The number of nitrogens with zero attached hydrogens (tertiary/aromatic N) is 1. The van der Waals surface area contributed by atoms with E-state index in [1.165, 1.54) is 7.11 Å². The monoisotopic (exact) mass is 589 g/mol. The SMILES string of the molecule is CCC=CCC=CCC=CCC=CCC=CCCCC(=O)NCCCC[C@H](NC(=O)CC=Cc1cccnc1)C(=O)OC.